The van der Waals surface area contributed by atoms with Gasteiger partial charge >= 0.3 is 0 Å². The zero-order chi connectivity index (χ0) is 12.5. The van der Waals surface area contributed by atoms with Gasteiger partial charge in [0.1, 0.15) is 10.4 Å². The number of nitrogens with one attached hydrogen (secondary N) is 1. The highest BCUT2D eigenvalue weighted by Crippen LogP contribution is 2.17. The van der Waals surface area contributed by atoms with Gasteiger partial charge < -0.3 is 11.1 Å². The van der Waals surface area contributed by atoms with E-state index in [9.17, 15) is 8.42 Å². The summed E-state index contributed by atoms with van der Waals surface area (Å²) in [4.78, 5) is 8.10. The van der Waals surface area contributed by atoms with Crippen LogP contribution in [0.3, 0.4) is 0 Å². The largest absolute Gasteiger partial charge is 0.383 e. The summed E-state index contributed by atoms with van der Waals surface area (Å²) in [5.41, 5.74) is 5.58. The Labute approximate surface area is 108 Å². The predicted molar refractivity (Wildman–Crippen MR) is 69.4 cm³/mol. The van der Waals surface area contributed by atoms with E-state index in [0.29, 0.717) is 22.8 Å². The van der Waals surface area contributed by atoms with Gasteiger partial charge in [-0.2, -0.15) is 4.98 Å². The zero-order valence-electron chi connectivity index (χ0n) is 9.06. The first-order chi connectivity index (χ1) is 7.94. The van der Waals surface area contributed by atoms with Crippen molar-refractivity contribution in [1.82, 2.24) is 9.97 Å². The van der Waals surface area contributed by atoms with Crippen molar-refractivity contribution < 1.29 is 8.42 Å². The van der Waals surface area contributed by atoms with Crippen LogP contribution in [-0.4, -0.2) is 35.9 Å². The Balaban J connectivity index is 2.10. The van der Waals surface area contributed by atoms with Crippen LogP contribution in [0.5, 0.6) is 0 Å². The minimum absolute atomic E-state index is 0.128. The first kappa shape index (κ1) is 12.6. The summed E-state index contributed by atoms with van der Waals surface area (Å²) >= 11 is 3.21. The summed E-state index contributed by atoms with van der Waals surface area (Å²) in [5, 5.41) is 3.01. The average Bonchev–Trinajstić information content (AvgIpc) is 2.13. The van der Waals surface area contributed by atoms with Crippen LogP contribution in [0.15, 0.2) is 10.7 Å². The number of halogens is 1. The third kappa shape index (κ3) is 3.53. The third-order valence-corrected chi connectivity index (χ3v) is 4.74. The fourth-order valence-electron chi connectivity index (χ4n) is 1.82. The van der Waals surface area contributed by atoms with Gasteiger partial charge in [-0.15, -0.1) is 0 Å². The Morgan fingerprint density at radius 1 is 1.47 bits per heavy atom. The minimum atomic E-state index is -2.93. The van der Waals surface area contributed by atoms with Crippen LogP contribution in [0.2, 0.25) is 0 Å². The quantitative estimate of drug-likeness (QED) is 0.782. The van der Waals surface area contributed by atoms with Crippen LogP contribution >= 0.6 is 15.9 Å². The molecular formula is C9H13BrN4O2S. The summed E-state index contributed by atoms with van der Waals surface area (Å²) in [7, 11) is -2.93. The number of nitrogens with zero attached hydrogens (tertiary/aromatic N) is 2. The average molecular weight is 321 g/mol. The molecular weight excluding hydrogens is 308 g/mol. The van der Waals surface area contributed by atoms with Crippen LogP contribution in [0.4, 0.5) is 11.8 Å². The van der Waals surface area contributed by atoms with E-state index >= 15 is 0 Å². The van der Waals surface area contributed by atoms with Crippen LogP contribution in [0.25, 0.3) is 0 Å². The van der Waals surface area contributed by atoms with Crippen molar-refractivity contribution >= 4 is 37.5 Å². The Morgan fingerprint density at radius 2 is 2.24 bits per heavy atom. The van der Waals surface area contributed by atoms with Crippen molar-refractivity contribution in [3.05, 3.63) is 10.7 Å². The maximum atomic E-state index is 11.5. The van der Waals surface area contributed by atoms with Gasteiger partial charge in [0.15, 0.2) is 9.84 Å². The molecule has 0 radical (unpaired) electrons. The smallest absolute Gasteiger partial charge is 0.225 e. The summed E-state index contributed by atoms with van der Waals surface area (Å²) in [6, 6.07) is 1.45. The fourth-order valence-corrected chi connectivity index (χ4v) is 3.86. The molecule has 1 aromatic heterocycles. The second-order valence-corrected chi connectivity index (χ2v) is 7.08. The molecule has 2 rings (SSSR count). The maximum Gasteiger partial charge on any atom is 0.225 e. The fraction of sp³-hybridized carbons (Fsp3) is 0.556. The van der Waals surface area contributed by atoms with E-state index in [-0.39, 0.29) is 17.5 Å². The van der Waals surface area contributed by atoms with Gasteiger partial charge in [-0.1, -0.05) is 0 Å². The summed E-state index contributed by atoms with van der Waals surface area (Å²) in [6.45, 7) is 0. The molecule has 8 heteroatoms. The van der Waals surface area contributed by atoms with Gasteiger partial charge in [0, 0.05) is 12.1 Å². The van der Waals surface area contributed by atoms with E-state index in [1.54, 1.807) is 6.07 Å². The second-order valence-electron chi connectivity index (χ2n) is 4.04. The number of nitrogens with two attached hydrogens (primary N) is 1. The number of hydrogen-bond acceptors (Lipinski definition) is 6. The molecule has 0 aliphatic carbocycles. The molecule has 0 amide bonds. The molecule has 0 bridgehead atoms. The molecule has 94 valence electrons. The standard InChI is InChI=1S/C9H13BrN4O2S/c10-7-4-8(11)14-9(13-7)12-6-2-1-3-17(15,16)5-6/h4,6H,1-3,5H2,(H3,11,12,13,14). The van der Waals surface area contributed by atoms with Crippen LogP contribution in [0, 0.1) is 0 Å². The van der Waals surface area contributed by atoms with Crippen LogP contribution < -0.4 is 11.1 Å². The lowest BCUT2D eigenvalue weighted by molar-refractivity contribution is 0.561. The molecule has 2 heterocycles. The Bertz CT molecular complexity index is 499. The Kier molecular flexibility index (Phi) is 3.53. The normalized spacial score (nSPS) is 23.2. The van der Waals surface area contributed by atoms with Gasteiger partial charge in [0.25, 0.3) is 0 Å². The minimum Gasteiger partial charge on any atom is -0.383 e. The van der Waals surface area contributed by atoms with Gasteiger partial charge in [0.05, 0.1) is 11.5 Å². The highest BCUT2D eigenvalue weighted by Gasteiger charge is 2.25. The molecule has 1 aromatic rings. The molecule has 1 atom stereocenters. The van der Waals surface area contributed by atoms with E-state index in [4.69, 9.17) is 5.73 Å². The molecule has 6 nitrogen and oxygen atoms in total. The molecule has 1 aliphatic rings. The number of anilines is 2. The van der Waals surface area contributed by atoms with Crippen molar-refractivity contribution in [2.75, 3.05) is 22.6 Å². The first-order valence-corrected chi connectivity index (χ1v) is 7.83. The molecule has 0 saturated carbocycles. The molecule has 1 fully saturated rings. The van der Waals surface area contributed by atoms with Crippen molar-refractivity contribution in [2.45, 2.75) is 18.9 Å². The number of aromatic nitrogens is 2. The molecule has 1 aliphatic heterocycles. The molecule has 0 spiro atoms. The van der Waals surface area contributed by atoms with E-state index < -0.39 is 9.84 Å². The van der Waals surface area contributed by atoms with Crippen molar-refractivity contribution in [3.8, 4) is 0 Å². The topological polar surface area (TPSA) is 98.0 Å². The molecule has 17 heavy (non-hydrogen) atoms. The van der Waals surface area contributed by atoms with E-state index in [2.05, 4.69) is 31.2 Å². The third-order valence-electron chi connectivity index (χ3n) is 2.51. The molecule has 0 aromatic carbocycles. The lowest BCUT2D eigenvalue weighted by Gasteiger charge is -2.22. The molecule has 3 N–H and O–H groups in total. The van der Waals surface area contributed by atoms with Gasteiger partial charge in [-0.05, 0) is 28.8 Å². The molecule has 1 saturated heterocycles. The van der Waals surface area contributed by atoms with Crippen molar-refractivity contribution in [1.29, 1.82) is 0 Å². The zero-order valence-corrected chi connectivity index (χ0v) is 11.5. The summed E-state index contributed by atoms with van der Waals surface area (Å²) in [6.07, 6.45) is 1.47. The van der Waals surface area contributed by atoms with E-state index in [0.717, 1.165) is 6.42 Å². The number of sulfone groups is 1. The van der Waals surface area contributed by atoms with Crippen molar-refractivity contribution in [3.63, 3.8) is 0 Å². The van der Waals surface area contributed by atoms with Gasteiger partial charge in [-0.25, -0.2) is 13.4 Å². The number of rotatable bonds is 2. The van der Waals surface area contributed by atoms with Gasteiger partial charge in [0.2, 0.25) is 5.95 Å². The highest BCUT2D eigenvalue weighted by atomic mass is 79.9. The number of hydrogen-bond donors (Lipinski definition) is 2. The van der Waals surface area contributed by atoms with Crippen molar-refractivity contribution in [2.24, 2.45) is 0 Å². The monoisotopic (exact) mass is 320 g/mol. The molecule has 1 unspecified atom stereocenters. The maximum absolute atomic E-state index is 11.5. The SMILES string of the molecule is Nc1cc(Br)nc(NC2CCCS(=O)(=O)C2)n1. The lowest BCUT2D eigenvalue weighted by Crippen LogP contribution is -2.35. The first-order valence-electron chi connectivity index (χ1n) is 5.22. The Hall–Kier alpha value is -0.890. The lowest BCUT2D eigenvalue weighted by atomic mass is 10.2. The van der Waals surface area contributed by atoms with Gasteiger partial charge in [-0.3, -0.25) is 0 Å². The predicted octanol–water partition coefficient (Wildman–Crippen LogP) is 0.810. The van der Waals surface area contributed by atoms with E-state index in [1.807, 2.05) is 0 Å². The summed E-state index contributed by atoms with van der Waals surface area (Å²) in [5.74, 6) is 1.10. The Morgan fingerprint density at radius 3 is 2.88 bits per heavy atom. The highest BCUT2D eigenvalue weighted by molar-refractivity contribution is 9.10. The van der Waals surface area contributed by atoms with Crippen LogP contribution in [0.1, 0.15) is 12.8 Å². The second kappa shape index (κ2) is 4.77. The summed E-state index contributed by atoms with van der Waals surface area (Å²) < 4.78 is 23.5. The van der Waals surface area contributed by atoms with E-state index in [1.165, 1.54) is 0 Å². The van der Waals surface area contributed by atoms with Crippen LogP contribution in [-0.2, 0) is 9.84 Å². The number of nitrogen functional groups attached to an aromatic ring is 1.